The van der Waals surface area contributed by atoms with Crippen LogP contribution >= 0.6 is 0 Å². The molecule has 0 aliphatic carbocycles. The Morgan fingerprint density at radius 3 is 2.64 bits per heavy atom. The highest BCUT2D eigenvalue weighted by Gasteiger charge is 2.30. The van der Waals surface area contributed by atoms with Gasteiger partial charge in [-0.05, 0) is 19.3 Å². The number of hydrogen-bond donors (Lipinski definition) is 1. The zero-order valence-electron chi connectivity index (χ0n) is 8.23. The lowest BCUT2D eigenvalue weighted by Crippen LogP contribution is -2.49. The van der Waals surface area contributed by atoms with E-state index in [9.17, 15) is 9.59 Å². The average molecular weight is 201 g/mol. The van der Waals surface area contributed by atoms with Crippen LogP contribution in [-0.2, 0) is 9.53 Å². The number of amides is 1. The fraction of sp³-hybridized carbons (Fsp3) is 0.778. The number of likely N-dealkylation sites (tertiary alicyclic amines) is 1. The molecule has 0 aromatic carbocycles. The van der Waals surface area contributed by atoms with E-state index in [1.54, 1.807) is 6.92 Å². The molecular weight excluding hydrogens is 186 g/mol. The van der Waals surface area contributed by atoms with E-state index in [0.717, 1.165) is 6.42 Å². The Balaban J connectivity index is 2.06. The van der Waals surface area contributed by atoms with Crippen LogP contribution in [0.1, 0.15) is 19.8 Å². The van der Waals surface area contributed by atoms with Crippen molar-refractivity contribution in [3.63, 3.8) is 0 Å². The van der Waals surface area contributed by atoms with Gasteiger partial charge in [0.15, 0.2) is 0 Å². The van der Waals surface area contributed by atoms with Crippen molar-refractivity contribution in [3.8, 4) is 0 Å². The lowest BCUT2D eigenvalue weighted by molar-refractivity contribution is -0.143. The maximum atomic E-state index is 11.0. The number of esters is 1. The summed E-state index contributed by atoms with van der Waals surface area (Å²) in [5.41, 5.74) is 0. The summed E-state index contributed by atoms with van der Waals surface area (Å²) in [6.45, 7) is 3.28. The Bertz CT molecular complexity index is 223. The number of rotatable bonds is 4. The number of carboxylic acid groups (broad SMARTS) is 1. The molecule has 0 unspecified atom stereocenters. The number of hydrogen-bond acceptors (Lipinski definition) is 3. The normalized spacial score (nSPS) is 16.2. The van der Waals surface area contributed by atoms with Gasteiger partial charge in [-0.3, -0.25) is 4.79 Å². The minimum absolute atomic E-state index is 0.193. The summed E-state index contributed by atoms with van der Waals surface area (Å²) in [6, 6.07) is 0. The van der Waals surface area contributed by atoms with E-state index in [2.05, 4.69) is 0 Å². The summed E-state index contributed by atoms with van der Waals surface area (Å²) in [5, 5.41) is 8.55. The fourth-order valence-electron chi connectivity index (χ4n) is 1.46. The third-order valence-electron chi connectivity index (χ3n) is 2.29. The maximum Gasteiger partial charge on any atom is 0.407 e. The molecule has 5 nitrogen and oxygen atoms in total. The second kappa shape index (κ2) is 4.83. The lowest BCUT2D eigenvalue weighted by Gasteiger charge is -2.36. The molecule has 0 saturated carbocycles. The van der Waals surface area contributed by atoms with Gasteiger partial charge >= 0.3 is 12.1 Å². The molecule has 0 aromatic rings. The van der Waals surface area contributed by atoms with Crippen LogP contribution in [0.3, 0.4) is 0 Å². The molecule has 5 heteroatoms. The molecule has 1 aliphatic heterocycles. The van der Waals surface area contributed by atoms with E-state index in [-0.39, 0.29) is 5.97 Å². The van der Waals surface area contributed by atoms with Gasteiger partial charge in [0.25, 0.3) is 0 Å². The molecule has 14 heavy (non-hydrogen) atoms. The number of ether oxygens (including phenoxy) is 1. The first kappa shape index (κ1) is 10.8. The second-order valence-electron chi connectivity index (χ2n) is 3.40. The van der Waals surface area contributed by atoms with Crippen molar-refractivity contribution in [3.05, 3.63) is 0 Å². The molecule has 80 valence electrons. The van der Waals surface area contributed by atoms with Gasteiger partial charge < -0.3 is 14.7 Å². The molecule has 1 fully saturated rings. The van der Waals surface area contributed by atoms with E-state index in [1.807, 2.05) is 0 Å². The van der Waals surface area contributed by atoms with Crippen molar-refractivity contribution in [2.24, 2.45) is 5.92 Å². The van der Waals surface area contributed by atoms with E-state index in [4.69, 9.17) is 9.84 Å². The first-order chi connectivity index (χ1) is 6.63. The Hall–Kier alpha value is -1.26. The standard InChI is InChI=1S/C9H15NO4/c1-2-14-8(11)4-3-7-5-10(6-7)9(12)13/h7H,2-6H2,1H3,(H,12,13). The van der Waals surface area contributed by atoms with Gasteiger partial charge in [0.2, 0.25) is 0 Å². The van der Waals surface area contributed by atoms with Crippen molar-refractivity contribution in [1.82, 2.24) is 4.90 Å². The third-order valence-corrected chi connectivity index (χ3v) is 2.29. The summed E-state index contributed by atoms with van der Waals surface area (Å²) >= 11 is 0. The molecule has 1 rings (SSSR count). The van der Waals surface area contributed by atoms with Crippen molar-refractivity contribution in [2.45, 2.75) is 19.8 Å². The monoisotopic (exact) mass is 201 g/mol. The minimum Gasteiger partial charge on any atom is -0.466 e. The molecular formula is C9H15NO4. The molecule has 0 spiro atoms. The first-order valence-electron chi connectivity index (χ1n) is 4.77. The SMILES string of the molecule is CCOC(=O)CCC1CN(C(=O)O)C1. The van der Waals surface area contributed by atoms with Crippen LogP contribution in [0.5, 0.6) is 0 Å². The predicted molar refractivity (Wildman–Crippen MR) is 49.0 cm³/mol. The Morgan fingerprint density at radius 1 is 1.50 bits per heavy atom. The summed E-state index contributed by atoms with van der Waals surface area (Å²) in [7, 11) is 0. The van der Waals surface area contributed by atoms with E-state index >= 15 is 0 Å². The Morgan fingerprint density at radius 2 is 2.14 bits per heavy atom. The van der Waals surface area contributed by atoms with Crippen LogP contribution in [0, 0.1) is 5.92 Å². The first-order valence-corrected chi connectivity index (χ1v) is 4.77. The van der Waals surface area contributed by atoms with Gasteiger partial charge in [0, 0.05) is 19.5 Å². The smallest absolute Gasteiger partial charge is 0.407 e. The van der Waals surface area contributed by atoms with Crippen molar-refractivity contribution in [2.75, 3.05) is 19.7 Å². The highest BCUT2D eigenvalue weighted by molar-refractivity contribution is 5.69. The number of carbonyl (C=O) groups excluding carboxylic acids is 1. The predicted octanol–water partition coefficient (Wildman–Crippen LogP) is 0.940. The van der Waals surface area contributed by atoms with Crippen LogP contribution < -0.4 is 0 Å². The molecule has 1 heterocycles. The molecule has 0 atom stereocenters. The van der Waals surface area contributed by atoms with Gasteiger partial charge in [-0.2, -0.15) is 0 Å². The number of nitrogens with zero attached hydrogens (tertiary/aromatic N) is 1. The fourth-order valence-corrected chi connectivity index (χ4v) is 1.46. The van der Waals surface area contributed by atoms with Crippen molar-refractivity contribution < 1.29 is 19.4 Å². The summed E-state index contributed by atoms with van der Waals surface area (Å²) < 4.78 is 4.77. The van der Waals surface area contributed by atoms with Crippen LogP contribution in [0.25, 0.3) is 0 Å². The van der Waals surface area contributed by atoms with E-state index in [1.165, 1.54) is 4.90 Å². The highest BCUT2D eigenvalue weighted by Crippen LogP contribution is 2.20. The Labute approximate surface area is 82.6 Å². The van der Waals surface area contributed by atoms with Gasteiger partial charge in [0.1, 0.15) is 0 Å². The molecule has 1 aliphatic rings. The topological polar surface area (TPSA) is 66.8 Å². The molecule has 1 amide bonds. The van der Waals surface area contributed by atoms with Crippen molar-refractivity contribution in [1.29, 1.82) is 0 Å². The zero-order valence-corrected chi connectivity index (χ0v) is 8.23. The van der Waals surface area contributed by atoms with Gasteiger partial charge in [-0.25, -0.2) is 4.79 Å². The quantitative estimate of drug-likeness (QED) is 0.687. The summed E-state index contributed by atoms with van der Waals surface area (Å²) in [6.07, 6.45) is 0.242. The van der Waals surface area contributed by atoms with E-state index in [0.29, 0.717) is 32.0 Å². The van der Waals surface area contributed by atoms with Crippen LogP contribution in [0.4, 0.5) is 4.79 Å². The highest BCUT2D eigenvalue weighted by atomic mass is 16.5. The van der Waals surface area contributed by atoms with Crippen molar-refractivity contribution >= 4 is 12.1 Å². The molecule has 0 aromatic heterocycles. The van der Waals surface area contributed by atoms with Gasteiger partial charge in [0.05, 0.1) is 6.61 Å². The molecule has 1 saturated heterocycles. The largest absolute Gasteiger partial charge is 0.466 e. The third kappa shape index (κ3) is 2.90. The second-order valence-corrected chi connectivity index (χ2v) is 3.40. The molecule has 1 N–H and O–H groups in total. The van der Waals surface area contributed by atoms with Crippen LogP contribution in [-0.4, -0.2) is 41.8 Å². The number of carbonyl (C=O) groups is 2. The zero-order chi connectivity index (χ0) is 10.6. The summed E-state index contributed by atoms with van der Waals surface area (Å²) in [5.74, 6) is 0.136. The van der Waals surface area contributed by atoms with Crippen LogP contribution in [0.15, 0.2) is 0 Å². The van der Waals surface area contributed by atoms with Gasteiger partial charge in [-0.15, -0.1) is 0 Å². The molecule has 0 bridgehead atoms. The summed E-state index contributed by atoms with van der Waals surface area (Å²) in [4.78, 5) is 22.7. The minimum atomic E-state index is -0.877. The maximum absolute atomic E-state index is 11.0. The van der Waals surface area contributed by atoms with Crippen LogP contribution in [0.2, 0.25) is 0 Å². The van der Waals surface area contributed by atoms with E-state index < -0.39 is 6.09 Å². The Kier molecular flexibility index (Phi) is 3.73. The average Bonchev–Trinajstić information content (AvgIpc) is 2.01. The molecule has 0 radical (unpaired) electrons. The lowest BCUT2D eigenvalue weighted by atomic mass is 9.95. The van der Waals surface area contributed by atoms with Gasteiger partial charge in [-0.1, -0.05) is 0 Å².